The van der Waals surface area contributed by atoms with Gasteiger partial charge in [0.25, 0.3) is 11.4 Å². The van der Waals surface area contributed by atoms with E-state index in [9.17, 15) is 40.5 Å². The number of non-ortho nitro benzene ring substituents is 2. The molecule has 0 aromatic heterocycles. The molecular weight excluding hydrogens is 456 g/mol. The first-order valence-corrected chi connectivity index (χ1v) is 9.30. The molecule has 0 bridgehead atoms. The molecule has 0 amide bonds. The first kappa shape index (κ1) is 23.5. The highest BCUT2D eigenvalue weighted by atomic mass is 16.6. The number of nitro groups is 4. The van der Waals surface area contributed by atoms with Crippen molar-refractivity contribution >= 4 is 22.7 Å². The molecule has 0 aliphatic heterocycles. The molecule has 0 radical (unpaired) electrons. The van der Waals surface area contributed by atoms with Crippen LogP contribution in [0.4, 0.5) is 22.7 Å². The minimum atomic E-state index is -0.812. The third-order valence-corrected chi connectivity index (χ3v) is 4.57. The number of hydrogen-bond acceptors (Lipinski definition) is 10. The van der Waals surface area contributed by atoms with E-state index in [0.717, 1.165) is 36.4 Å². The van der Waals surface area contributed by atoms with Crippen LogP contribution in [0.15, 0.2) is 48.5 Å². The number of aryl methyl sites for hydroxylation is 2. The fourth-order valence-electron chi connectivity index (χ4n) is 3.06. The van der Waals surface area contributed by atoms with Crippen molar-refractivity contribution < 1.29 is 29.2 Å². The maximum Gasteiger partial charge on any atom is 0.318 e. The van der Waals surface area contributed by atoms with Crippen molar-refractivity contribution in [1.29, 1.82) is 0 Å². The Bertz CT molecular complexity index is 1330. The summed E-state index contributed by atoms with van der Waals surface area (Å²) < 4.78 is 11.2. The monoisotopic (exact) mass is 470 g/mol. The van der Waals surface area contributed by atoms with Gasteiger partial charge in [-0.05, 0) is 49.2 Å². The average molecular weight is 470 g/mol. The third-order valence-electron chi connectivity index (χ3n) is 4.57. The van der Waals surface area contributed by atoms with Crippen molar-refractivity contribution in [2.24, 2.45) is 0 Å². The number of nitro benzene ring substituents is 4. The van der Waals surface area contributed by atoms with Crippen molar-refractivity contribution in [3.8, 4) is 23.0 Å². The lowest BCUT2D eigenvalue weighted by Gasteiger charge is -2.14. The van der Waals surface area contributed by atoms with E-state index in [-0.39, 0.29) is 23.0 Å². The van der Waals surface area contributed by atoms with E-state index in [1.807, 2.05) is 0 Å². The molecular formula is C20H14N4O10. The summed E-state index contributed by atoms with van der Waals surface area (Å²) >= 11 is 0. The molecule has 3 rings (SSSR count). The van der Waals surface area contributed by atoms with Gasteiger partial charge in [-0.2, -0.15) is 0 Å². The zero-order chi connectivity index (χ0) is 25.2. The van der Waals surface area contributed by atoms with E-state index in [0.29, 0.717) is 11.1 Å². The fraction of sp³-hybridized carbons (Fsp3) is 0.100. The van der Waals surface area contributed by atoms with Crippen LogP contribution in [0.1, 0.15) is 11.1 Å². The molecule has 0 heterocycles. The molecule has 0 fully saturated rings. The Balaban J connectivity index is 1.96. The van der Waals surface area contributed by atoms with Gasteiger partial charge in [0.15, 0.2) is 0 Å². The molecule has 3 aromatic carbocycles. The molecule has 0 unspecified atom stereocenters. The van der Waals surface area contributed by atoms with Gasteiger partial charge in [0.05, 0.1) is 31.8 Å². The highest BCUT2D eigenvalue weighted by Crippen LogP contribution is 2.40. The van der Waals surface area contributed by atoms with Crippen LogP contribution in [-0.4, -0.2) is 19.7 Å². The summed E-state index contributed by atoms with van der Waals surface area (Å²) in [5.74, 6) is -0.0874. The van der Waals surface area contributed by atoms with Crippen molar-refractivity contribution in [2.75, 3.05) is 0 Å². The maximum atomic E-state index is 11.4. The Kier molecular flexibility index (Phi) is 6.33. The molecule has 0 N–H and O–H groups in total. The molecule has 0 aliphatic rings. The number of nitrogens with zero attached hydrogens (tertiary/aromatic N) is 4. The summed E-state index contributed by atoms with van der Waals surface area (Å²) in [4.78, 5) is 41.3. The first-order valence-electron chi connectivity index (χ1n) is 9.30. The van der Waals surface area contributed by atoms with Crippen LogP contribution in [0.2, 0.25) is 0 Å². The predicted octanol–water partition coefficient (Wildman–Crippen LogP) is 5.52. The summed E-state index contributed by atoms with van der Waals surface area (Å²) in [5.41, 5.74) is -1.28. The summed E-state index contributed by atoms with van der Waals surface area (Å²) in [6.45, 7) is 3.19. The standard InChI is InChI=1S/C20H14N4O10/c1-11-7-15(33-18-5-3-13(21(25)26)9-16(18)23(29)30)8-12(2)20(11)34-19-6-4-14(22(27)28)10-17(19)24(31)32/h3-10H,1-2H3. The number of rotatable bonds is 8. The van der Waals surface area contributed by atoms with Gasteiger partial charge in [0.2, 0.25) is 11.5 Å². The lowest BCUT2D eigenvalue weighted by atomic mass is 10.1. The summed E-state index contributed by atoms with van der Waals surface area (Å²) in [6.07, 6.45) is 0. The summed E-state index contributed by atoms with van der Waals surface area (Å²) in [5, 5.41) is 44.5. The molecule has 0 saturated heterocycles. The van der Waals surface area contributed by atoms with Crippen molar-refractivity contribution in [3.63, 3.8) is 0 Å². The van der Waals surface area contributed by atoms with Crippen LogP contribution in [0, 0.1) is 54.3 Å². The van der Waals surface area contributed by atoms with Crippen LogP contribution in [0.5, 0.6) is 23.0 Å². The lowest BCUT2D eigenvalue weighted by molar-refractivity contribution is -0.394. The second-order valence-electron chi connectivity index (χ2n) is 6.92. The van der Waals surface area contributed by atoms with E-state index in [4.69, 9.17) is 9.47 Å². The largest absolute Gasteiger partial charge is 0.450 e. The van der Waals surface area contributed by atoms with Crippen molar-refractivity contribution in [2.45, 2.75) is 13.8 Å². The smallest absolute Gasteiger partial charge is 0.318 e. The topological polar surface area (TPSA) is 191 Å². The minimum absolute atomic E-state index is 0.150. The van der Waals surface area contributed by atoms with E-state index < -0.39 is 42.4 Å². The zero-order valence-electron chi connectivity index (χ0n) is 17.5. The molecule has 3 aromatic rings. The van der Waals surface area contributed by atoms with E-state index in [2.05, 4.69) is 0 Å². The van der Waals surface area contributed by atoms with Gasteiger partial charge in [-0.25, -0.2) is 0 Å². The normalized spacial score (nSPS) is 10.4. The Morgan fingerprint density at radius 1 is 0.588 bits per heavy atom. The summed E-state index contributed by atoms with van der Waals surface area (Å²) in [6, 6.07) is 8.80. The van der Waals surface area contributed by atoms with Crippen molar-refractivity contribution in [3.05, 3.63) is 100 Å². The van der Waals surface area contributed by atoms with Crippen LogP contribution < -0.4 is 9.47 Å². The molecule has 0 spiro atoms. The van der Waals surface area contributed by atoms with Gasteiger partial charge in [-0.1, -0.05) is 0 Å². The van der Waals surface area contributed by atoms with Crippen LogP contribution >= 0.6 is 0 Å². The number of benzene rings is 3. The first-order chi connectivity index (χ1) is 16.0. The van der Waals surface area contributed by atoms with Crippen LogP contribution in [0.3, 0.4) is 0 Å². The van der Waals surface area contributed by atoms with Gasteiger partial charge in [0.1, 0.15) is 11.5 Å². The maximum absolute atomic E-state index is 11.4. The Morgan fingerprint density at radius 3 is 1.38 bits per heavy atom. The molecule has 14 nitrogen and oxygen atoms in total. The SMILES string of the molecule is Cc1cc(Oc2ccc([N+](=O)[O-])cc2[N+](=O)[O-])cc(C)c1Oc1ccc([N+](=O)[O-])cc1[N+](=O)[O-]. The Morgan fingerprint density at radius 2 is 1.00 bits per heavy atom. The summed E-state index contributed by atoms with van der Waals surface area (Å²) in [7, 11) is 0. The molecule has 174 valence electrons. The molecule has 0 aliphatic carbocycles. The Labute approximate surface area is 189 Å². The second kappa shape index (κ2) is 9.15. The fourth-order valence-corrected chi connectivity index (χ4v) is 3.06. The number of ether oxygens (including phenoxy) is 2. The van der Waals surface area contributed by atoms with Gasteiger partial charge in [-0.15, -0.1) is 0 Å². The molecule has 0 saturated carbocycles. The van der Waals surface area contributed by atoms with Crippen LogP contribution in [0.25, 0.3) is 0 Å². The minimum Gasteiger partial charge on any atom is -0.450 e. The van der Waals surface area contributed by atoms with Gasteiger partial charge in [-0.3, -0.25) is 40.5 Å². The molecule has 34 heavy (non-hydrogen) atoms. The van der Waals surface area contributed by atoms with Gasteiger partial charge >= 0.3 is 11.4 Å². The van der Waals surface area contributed by atoms with Gasteiger partial charge in [0, 0.05) is 12.1 Å². The van der Waals surface area contributed by atoms with E-state index in [1.54, 1.807) is 13.8 Å². The highest BCUT2D eigenvalue weighted by molar-refractivity contribution is 5.58. The molecule has 14 heteroatoms. The molecule has 0 atom stereocenters. The second-order valence-corrected chi connectivity index (χ2v) is 6.92. The number of hydrogen-bond donors (Lipinski definition) is 0. The quantitative estimate of drug-likeness (QED) is 0.299. The lowest BCUT2D eigenvalue weighted by Crippen LogP contribution is -1.99. The highest BCUT2D eigenvalue weighted by Gasteiger charge is 2.24. The predicted molar refractivity (Wildman–Crippen MR) is 116 cm³/mol. The van der Waals surface area contributed by atoms with Gasteiger partial charge < -0.3 is 9.47 Å². The third kappa shape index (κ3) is 4.85. The Hall–Kier alpha value is -5.14. The van der Waals surface area contributed by atoms with Crippen LogP contribution in [-0.2, 0) is 0 Å². The average Bonchev–Trinajstić information content (AvgIpc) is 2.76. The van der Waals surface area contributed by atoms with Crippen molar-refractivity contribution in [1.82, 2.24) is 0 Å². The van der Waals surface area contributed by atoms with E-state index in [1.165, 1.54) is 12.1 Å². The zero-order valence-corrected chi connectivity index (χ0v) is 17.5. The van der Waals surface area contributed by atoms with E-state index >= 15 is 0 Å².